The van der Waals surface area contributed by atoms with E-state index >= 15 is 0 Å². The van der Waals surface area contributed by atoms with Crippen LogP contribution in [0.25, 0.3) is 0 Å². The predicted octanol–water partition coefficient (Wildman–Crippen LogP) is 4.43. The van der Waals surface area contributed by atoms with Gasteiger partial charge in [0, 0.05) is 18.5 Å². The van der Waals surface area contributed by atoms with Crippen LogP contribution >= 0.6 is 22.9 Å². The number of allylic oxidation sites excluding steroid dienone is 1. The largest absolute Gasteiger partial charge is 0.338 e. The monoisotopic (exact) mass is 312 g/mol. The summed E-state index contributed by atoms with van der Waals surface area (Å²) in [5, 5.41) is 2.97. The van der Waals surface area contributed by atoms with Gasteiger partial charge in [-0.15, -0.1) is 11.3 Å². The molecule has 2 amide bonds. The first-order valence-electron chi connectivity index (χ1n) is 7.06. The molecule has 0 spiro atoms. The van der Waals surface area contributed by atoms with E-state index in [0.29, 0.717) is 6.54 Å². The Kier molecular flexibility index (Phi) is 5.92. The second kappa shape index (κ2) is 7.70. The number of amides is 2. The van der Waals surface area contributed by atoms with Gasteiger partial charge in [0.25, 0.3) is 0 Å². The molecule has 1 aromatic heterocycles. The molecule has 0 atom stereocenters. The van der Waals surface area contributed by atoms with Crippen molar-refractivity contribution in [1.82, 2.24) is 10.2 Å². The van der Waals surface area contributed by atoms with Gasteiger partial charge in [-0.2, -0.15) is 0 Å². The minimum Gasteiger partial charge on any atom is -0.338 e. The van der Waals surface area contributed by atoms with E-state index in [1.165, 1.54) is 42.6 Å². The standard InChI is InChI=1S/C15H21ClN2OS/c1-18(11-13-7-8-14(16)20-13)15(19)17-10-9-12-5-3-2-4-6-12/h5,7-8H,2-4,6,9-11H2,1H3,(H,17,19). The van der Waals surface area contributed by atoms with Crippen LogP contribution in [0.2, 0.25) is 4.34 Å². The van der Waals surface area contributed by atoms with E-state index in [1.54, 1.807) is 4.90 Å². The molecule has 1 aromatic rings. The molecule has 2 rings (SSSR count). The van der Waals surface area contributed by atoms with Gasteiger partial charge in [0.15, 0.2) is 0 Å². The van der Waals surface area contributed by atoms with Crippen LogP contribution < -0.4 is 5.32 Å². The van der Waals surface area contributed by atoms with Crippen molar-refractivity contribution in [2.24, 2.45) is 0 Å². The van der Waals surface area contributed by atoms with E-state index < -0.39 is 0 Å². The van der Waals surface area contributed by atoms with Gasteiger partial charge in [-0.25, -0.2) is 4.79 Å². The summed E-state index contributed by atoms with van der Waals surface area (Å²) in [6.07, 6.45) is 8.29. The Balaban J connectivity index is 1.69. The lowest BCUT2D eigenvalue weighted by atomic mass is 9.97. The van der Waals surface area contributed by atoms with Crippen molar-refractivity contribution < 1.29 is 4.79 Å². The highest BCUT2D eigenvalue weighted by molar-refractivity contribution is 7.16. The van der Waals surface area contributed by atoms with Crippen LogP contribution in [0.5, 0.6) is 0 Å². The van der Waals surface area contributed by atoms with Gasteiger partial charge >= 0.3 is 6.03 Å². The van der Waals surface area contributed by atoms with Crippen LogP contribution in [0.15, 0.2) is 23.8 Å². The van der Waals surface area contributed by atoms with Crippen molar-refractivity contribution in [1.29, 1.82) is 0 Å². The van der Waals surface area contributed by atoms with Gasteiger partial charge in [-0.3, -0.25) is 0 Å². The number of rotatable bonds is 5. The SMILES string of the molecule is CN(Cc1ccc(Cl)s1)C(=O)NCCC1=CCCCC1. The molecular formula is C15H21ClN2OS. The highest BCUT2D eigenvalue weighted by Crippen LogP contribution is 2.22. The first-order chi connectivity index (χ1) is 9.65. The molecule has 0 unspecified atom stereocenters. The molecule has 110 valence electrons. The van der Waals surface area contributed by atoms with Gasteiger partial charge < -0.3 is 10.2 Å². The molecule has 1 heterocycles. The van der Waals surface area contributed by atoms with E-state index in [9.17, 15) is 4.79 Å². The summed E-state index contributed by atoms with van der Waals surface area (Å²) in [7, 11) is 1.81. The summed E-state index contributed by atoms with van der Waals surface area (Å²) in [6, 6.07) is 3.80. The Morgan fingerprint density at radius 1 is 1.45 bits per heavy atom. The van der Waals surface area contributed by atoms with Gasteiger partial charge in [-0.1, -0.05) is 23.3 Å². The van der Waals surface area contributed by atoms with Crippen LogP contribution in [0.1, 0.15) is 37.0 Å². The number of urea groups is 1. The molecule has 1 aliphatic rings. The van der Waals surface area contributed by atoms with Crippen molar-refractivity contribution in [3.63, 3.8) is 0 Å². The number of nitrogens with zero attached hydrogens (tertiary/aromatic N) is 1. The summed E-state index contributed by atoms with van der Waals surface area (Å²) >= 11 is 7.40. The predicted molar refractivity (Wildman–Crippen MR) is 85.4 cm³/mol. The normalized spacial score (nSPS) is 14.8. The number of carbonyl (C=O) groups excluding carboxylic acids is 1. The molecule has 1 N–H and O–H groups in total. The highest BCUT2D eigenvalue weighted by atomic mass is 35.5. The van der Waals surface area contributed by atoms with Crippen LogP contribution in [0.4, 0.5) is 4.79 Å². The minimum atomic E-state index is -0.0223. The Hall–Kier alpha value is -1.00. The van der Waals surface area contributed by atoms with E-state index in [1.807, 2.05) is 19.2 Å². The average Bonchev–Trinajstić information content (AvgIpc) is 2.85. The van der Waals surface area contributed by atoms with Crippen LogP contribution in [0.3, 0.4) is 0 Å². The molecule has 0 bridgehead atoms. The number of halogens is 1. The van der Waals surface area contributed by atoms with E-state index in [-0.39, 0.29) is 6.03 Å². The summed E-state index contributed by atoms with van der Waals surface area (Å²) in [5.41, 5.74) is 1.49. The van der Waals surface area contributed by atoms with Crippen LogP contribution in [0, 0.1) is 0 Å². The molecule has 0 saturated carbocycles. The van der Waals surface area contributed by atoms with Crippen LogP contribution in [-0.4, -0.2) is 24.5 Å². The van der Waals surface area contributed by atoms with Crippen molar-refractivity contribution in [3.05, 3.63) is 33.0 Å². The topological polar surface area (TPSA) is 32.3 Å². The minimum absolute atomic E-state index is 0.0223. The lowest BCUT2D eigenvalue weighted by Gasteiger charge is -2.18. The number of thiophene rings is 1. The number of nitrogens with one attached hydrogen (secondary N) is 1. The third-order valence-electron chi connectivity index (χ3n) is 3.48. The van der Waals surface area contributed by atoms with Gasteiger partial charge in [-0.05, 0) is 44.2 Å². The molecule has 0 saturated heterocycles. The van der Waals surface area contributed by atoms with Gasteiger partial charge in [0.05, 0.1) is 10.9 Å². The molecule has 1 aliphatic carbocycles. The molecule has 0 radical (unpaired) electrons. The molecule has 0 fully saturated rings. The quantitative estimate of drug-likeness (QED) is 0.801. The fourth-order valence-electron chi connectivity index (χ4n) is 2.34. The van der Waals surface area contributed by atoms with Gasteiger partial charge in [0.1, 0.15) is 0 Å². The fourth-order valence-corrected chi connectivity index (χ4v) is 3.48. The smallest absolute Gasteiger partial charge is 0.317 e. The first kappa shape index (κ1) is 15.4. The fraction of sp³-hybridized carbons (Fsp3) is 0.533. The Morgan fingerprint density at radius 3 is 2.95 bits per heavy atom. The Labute approximate surface area is 129 Å². The molecule has 20 heavy (non-hydrogen) atoms. The lowest BCUT2D eigenvalue weighted by molar-refractivity contribution is 0.207. The van der Waals surface area contributed by atoms with Crippen molar-refractivity contribution in [2.75, 3.05) is 13.6 Å². The van der Waals surface area contributed by atoms with E-state index in [2.05, 4.69) is 11.4 Å². The second-order valence-electron chi connectivity index (χ2n) is 5.15. The molecule has 5 heteroatoms. The Morgan fingerprint density at radius 2 is 2.30 bits per heavy atom. The first-order valence-corrected chi connectivity index (χ1v) is 8.25. The Bertz CT molecular complexity index is 484. The van der Waals surface area contributed by atoms with Crippen molar-refractivity contribution in [2.45, 2.75) is 38.6 Å². The summed E-state index contributed by atoms with van der Waals surface area (Å²) in [5.74, 6) is 0. The summed E-state index contributed by atoms with van der Waals surface area (Å²) in [4.78, 5) is 14.8. The van der Waals surface area contributed by atoms with E-state index in [4.69, 9.17) is 11.6 Å². The number of hydrogen-bond acceptors (Lipinski definition) is 2. The molecule has 0 aromatic carbocycles. The third-order valence-corrected chi connectivity index (χ3v) is 4.69. The maximum atomic E-state index is 12.0. The second-order valence-corrected chi connectivity index (χ2v) is 6.95. The summed E-state index contributed by atoms with van der Waals surface area (Å²) < 4.78 is 0.762. The van der Waals surface area contributed by atoms with Crippen molar-refractivity contribution >= 4 is 29.0 Å². The zero-order valence-electron chi connectivity index (χ0n) is 11.8. The average molecular weight is 313 g/mol. The highest BCUT2D eigenvalue weighted by Gasteiger charge is 2.10. The van der Waals surface area contributed by atoms with E-state index in [0.717, 1.165) is 22.2 Å². The maximum absolute atomic E-state index is 12.0. The molecule has 0 aliphatic heterocycles. The molecule has 3 nitrogen and oxygen atoms in total. The number of carbonyl (C=O) groups is 1. The zero-order valence-corrected chi connectivity index (χ0v) is 13.4. The zero-order chi connectivity index (χ0) is 14.4. The maximum Gasteiger partial charge on any atom is 0.317 e. The van der Waals surface area contributed by atoms with Crippen molar-refractivity contribution in [3.8, 4) is 0 Å². The number of hydrogen-bond donors (Lipinski definition) is 1. The lowest BCUT2D eigenvalue weighted by Crippen LogP contribution is -2.37. The summed E-state index contributed by atoms with van der Waals surface area (Å²) in [6.45, 7) is 1.33. The van der Waals surface area contributed by atoms with Crippen LogP contribution in [-0.2, 0) is 6.54 Å². The van der Waals surface area contributed by atoms with Gasteiger partial charge in [0.2, 0.25) is 0 Å². The molecular weight excluding hydrogens is 292 g/mol. The third kappa shape index (κ3) is 4.84.